The Morgan fingerprint density at radius 1 is 1.39 bits per heavy atom. The van der Waals surface area contributed by atoms with Crippen LogP contribution in [-0.4, -0.2) is 35.2 Å². The third-order valence-corrected chi connectivity index (χ3v) is 2.42. The fourth-order valence-corrected chi connectivity index (χ4v) is 1.54. The molecule has 0 aliphatic carbocycles. The van der Waals surface area contributed by atoms with Crippen molar-refractivity contribution in [3.05, 3.63) is 29.3 Å². The second-order valence-corrected chi connectivity index (χ2v) is 3.96. The molecular weight excluding hydrogens is 247 g/mol. The third kappa shape index (κ3) is 3.65. The Labute approximate surface area is 103 Å². The Bertz CT molecular complexity index is 443. The molecule has 1 N–H and O–H groups in total. The molecule has 0 spiro atoms. The lowest BCUT2D eigenvalue weighted by Crippen LogP contribution is -2.38. The van der Waals surface area contributed by atoms with Gasteiger partial charge < -0.3 is 10.0 Å². The molecule has 0 unspecified atom stereocenters. The maximum atomic E-state index is 12.3. The largest absolute Gasteiger partial charge is 0.507 e. The van der Waals surface area contributed by atoms with E-state index in [0.717, 1.165) is 5.56 Å². The van der Waals surface area contributed by atoms with E-state index in [1.54, 1.807) is 13.0 Å². The van der Waals surface area contributed by atoms with Gasteiger partial charge in [-0.1, -0.05) is 6.07 Å². The van der Waals surface area contributed by atoms with E-state index in [0.29, 0.717) is 4.90 Å². The Kier molecular flexibility index (Phi) is 4.21. The molecule has 0 aliphatic rings. The molecule has 18 heavy (non-hydrogen) atoms. The molecule has 0 fully saturated rings. The van der Waals surface area contributed by atoms with Gasteiger partial charge in [-0.05, 0) is 31.5 Å². The second-order valence-electron chi connectivity index (χ2n) is 3.96. The van der Waals surface area contributed by atoms with Crippen LogP contribution in [0.15, 0.2) is 18.2 Å². The molecule has 6 heteroatoms. The van der Waals surface area contributed by atoms with Gasteiger partial charge in [-0.15, -0.1) is 0 Å². The van der Waals surface area contributed by atoms with E-state index in [2.05, 4.69) is 0 Å². The van der Waals surface area contributed by atoms with Crippen LogP contribution in [0.5, 0.6) is 5.75 Å². The number of phenolic OH excluding ortho intramolecular Hbond substituents is 1. The molecule has 0 bridgehead atoms. The molecule has 1 aromatic carbocycles. The molecule has 1 aromatic rings. The zero-order valence-electron chi connectivity index (χ0n) is 10.1. The number of carbonyl (C=O) groups excluding carboxylic acids is 1. The lowest BCUT2D eigenvalue weighted by molar-refractivity contribution is -0.140. The van der Waals surface area contributed by atoms with Crippen molar-refractivity contribution in [3.8, 4) is 5.75 Å². The van der Waals surface area contributed by atoms with Gasteiger partial charge >= 0.3 is 6.18 Å². The first-order chi connectivity index (χ1) is 8.24. The van der Waals surface area contributed by atoms with Crippen molar-refractivity contribution >= 4 is 5.91 Å². The number of aryl methyl sites for hydroxylation is 1. The van der Waals surface area contributed by atoms with E-state index in [-0.39, 0.29) is 17.9 Å². The maximum absolute atomic E-state index is 12.3. The first-order valence-corrected chi connectivity index (χ1v) is 5.40. The minimum atomic E-state index is -4.45. The quantitative estimate of drug-likeness (QED) is 0.908. The Morgan fingerprint density at radius 2 is 2.00 bits per heavy atom. The van der Waals surface area contributed by atoms with Gasteiger partial charge in [0.2, 0.25) is 0 Å². The molecule has 1 amide bonds. The Morgan fingerprint density at radius 3 is 2.44 bits per heavy atom. The number of nitrogens with zero attached hydrogens (tertiary/aromatic N) is 1. The van der Waals surface area contributed by atoms with E-state index in [9.17, 15) is 23.1 Å². The van der Waals surface area contributed by atoms with Gasteiger partial charge in [0.25, 0.3) is 5.91 Å². The smallest absolute Gasteiger partial charge is 0.406 e. The molecular formula is C12H14F3NO2. The maximum Gasteiger partial charge on any atom is 0.406 e. The van der Waals surface area contributed by atoms with Crippen LogP contribution in [0.1, 0.15) is 22.8 Å². The van der Waals surface area contributed by atoms with E-state index < -0.39 is 18.6 Å². The highest BCUT2D eigenvalue weighted by Gasteiger charge is 2.33. The van der Waals surface area contributed by atoms with Crippen molar-refractivity contribution in [3.63, 3.8) is 0 Å². The summed E-state index contributed by atoms with van der Waals surface area (Å²) in [5, 5.41) is 9.58. The van der Waals surface area contributed by atoms with Crippen LogP contribution in [0.25, 0.3) is 0 Å². The molecule has 1 rings (SSSR count). The van der Waals surface area contributed by atoms with E-state index >= 15 is 0 Å². The molecule has 3 nitrogen and oxygen atoms in total. The lowest BCUT2D eigenvalue weighted by Gasteiger charge is -2.22. The summed E-state index contributed by atoms with van der Waals surface area (Å²) in [6.45, 7) is 1.76. The third-order valence-electron chi connectivity index (χ3n) is 2.42. The zero-order chi connectivity index (χ0) is 13.9. The molecule has 0 aromatic heterocycles. The number of benzene rings is 1. The minimum Gasteiger partial charge on any atom is -0.507 e. The van der Waals surface area contributed by atoms with Crippen LogP contribution >= 0.6 is 0 Å². The summed E-state index contributed by atoms with van der Waals surface area (Å²) in [7, 11) is 0. The number of amides is 1. The fraction of sp³-hybridized carbons (Fsp3) is 0.417. The van der Waals surface area contributed by atoms with Crippen molar-refractivity contribution in [1.82, 2.24) is 4.90 Å². The number of rotatable bonds is 3. The number of alkyl halides is 3. The van der Waals surface area contributed by atoms with Crippen LogP contribution in [0.3, 0.4) is 0 Å². The number of hydrogen-bond donors (Lipinski definition) is 1. The van der Waals surface area contributed by atoms with E-state index in [1.807, 2.05) is 0 Å². The molecule has 0 saturated carbocycles. The summed E-state index contributed by atoms with van der Waals surface area (Å²) in [6, 6.07) is 4.23. The molecule has 0 radical (unpaired) electrons. The molecule has 100 valence electrons. The standard InChI is InChI=1S/C12H14F3NO2/c1-3-16(7-12(13,14)15)11(18)9-5-4-8(2)6-10(9)17/h4-6,17H,3,7H2,1-2H3. The van der Waals surface area contributed by atoms with Gasteiger partial charge in [0.15, 0.2) is 0 Å². The van der Waals surface area contributed by atoms with Crippen LogP contribution in [0, 0.1) is 6.92 Å². The first kappa shape index (κ1) is 14.3. The molecule has 0 atom stereocenters. The van der Waals surface area contributed by atoms with Gasteiger partial charge in [0.1, 0.15) is 12.3 Å². The van der Waals surface area contributed by atoms with Crippen molar-refractivity contribution in [2.45, 2.75) is 20.0 Å². The highest BCUT2D eigenvalue weighted by molar-refractivity contribution is 5.96. The highest BCUT2D eigenvalue weighted by atomic mass is 19.4. The summed E-state index contributed by atoms with van der Waals surface area (Å²) in [5.74, 6) is -1.13. The van der Waals surface area contributed by atoms with Crippen molar-refractivity contribution in [2.75, 3.05) is 13.1 Å². The molecule has 0 saturated heterocycles. The summed E-state index contributed by atoms with van der Waals surface area (Å²) in [5.41, 5.74) is 0.606. The first-order valence-electron chi connectivity index (χ1n) is 5.40. The van der Waals surface area contributed by atoms with Crippen LogP contribution < -0.4 is 0 Å². The van der Waals surface area contributed by atoms with Crippen molar-refractivity contribution in [1.29, 1.82) is 0 Å². The van der Waals surface area contributed by atoms with E-state index in [4.69, 9.17) is 0 Å². The summed E-state index contributed by atoms with van der Waals surface area (Å²) in [6.07, 6.45) is -4.45. The number of halogens is 3. The average molecular weight is 261 g/mol. The van der Waals surface area contributed by atoms with Gasteiger partial charge in [-0.2, -0.15) is 13.2 Å². The lowest BCUT2D eigenvalue weighted by atomic mass is 10.1. The van der Waals surface area contributed by atoms with E-state index in [1.165, 1.54) is 19.1 Å². The predicted molar refractivity (Wildman–Crippen MR) is 60.5 cm³/mol. The summed E-state index contributed by atoms with van der Waals surface area (Å²) in [4.78, 5) is 12.5. The van der Waals surface area contributed by atoms with Crippen molar-refractivity contribution < 1.29 is 23.1 Å². The highest BCUT2D eigenvalue weighted by Crippen LogP contribution is 2.23. The zero-order valence-corrected chi connectivity index (χ0v) is 10.1. The van der Waals surface area contributed by atoms with Gasteiger partial charge in [0.05, 0.1) is 5.56 Å². The predicted octanol–water partition coefficient (Wildman–Crippen LogP) is 2.73. The fourth-order valence-electron chi connectivity index (χ4n) is 1.54. The SMILES string of the molecule is CCN(CC(F)(F)F)C(=O)c1ccc(C)cc1O. The van der Waals surface area contributed by atoms with Gasteiger partial charge in [-0.3, -0.25) is 4.79 Å². The number of hydrogen-bond acceptors (Lipinski definition) is 2. The summed E-state index contributed by atoms with van der Waals surface area (Å²) >= 11 is 0. The summed E-state index contributed by atoms with van der Waals surface area (Å²) < 4.78 is 36.8. The van der Waals surface area contributed by atoms with Crippen molar-refractivity contribution in [2.24, 2.45) is 0 Å². The van der Waals surface area contributed by atoms with Crippen LogP contribution in [0.2, 0.25) is 0 Å². The number of carbonyl (C=O) groups is 1. The number of phenols is 1. The monoisotopic (exact) mass is 261 g/mol. The van der Waals surface area contributed by atoms with Gasteiger partial charge in [0, 0.05) is 6.54 Å². The minimum absolute atomic E-state index is 0.0777. The topological polar surface area (TPSA) is 40.5 Å². The normalized spacial score (nSPS) is 11.4. The molecule has 0 heterocycles. The van der Waals surface area contributed by atoms with Gasteiger partial charge in [-0.25, -0.2) is 0 Å². The average Bonchev–Trinajstić information content (AvgIpc) is 2.24. The Hall–Kier alpha value is -1.72. The number of aromatic hydroxyl groups is 1. The second kappa shape index (κ2) is 5.29. The van der Waals surface area contributed by atoms with Crippen LogP contribution in [-0.2, 0) is 0 Å². The molecule has 0 aliphatic heterocycles. The van der Waals surface area contributed by atoms with Crippen LogP contribution in [0.4, 0.5) is 13.2 Å². The Balaban J connectivity index is 2.97.